The standard InChI is InChI=1S/C10H12INO/c11-8-5-7(3-4-9(8)13)10(12)6-1-2-6/h3-6,10,13H,1-2,12H2/t10-/m0/s1. The average Bonchev–Trinajstić information content (AvgIpc) is 2.91. The molecule has 2 nitrogen and oxygen atoms in total. The molecule has 0 heterocycles. The molecular weight excluding hydrogens is 277 g/mol. The first-order valence-electron chi connectivity index (χ1n) is 4.42. The molecule has 0 aromatic heterocycles. The summed E-state index contributed by atoms with van der Waals surface area (Å²) in [7, 11) is 0. The fraction of sp³-hybridized carbons (Fsp3) is 0.400. The quantitative estimate of drug-likeness (QED) is 0.821. The maximum Gasteiger partial charge on any atom is 0.128 e. The highest BCUT2D eigenvalue weighted by molar-refractivity contribution is 14.1. The number of benzene rings is 1. The third-order valence-corrected chi connectivity index (χ3v) is 3.35. The van der Waals surface area contributed by atoms with Gasteiger partial charge in [-0.05, 0) is 59.0 Å². The molecule has 13 heavy (non-hydrogen) atoms. The minimum atomic E-state index is 0.161. The smallest absolute Gasteiger partial charge is 0.128 e. The van der Waals surface area contributed by atoms with Gasteiger partial charge in [0.2, 0.25) is 0 Å². The molecule has 0 unspecified atom stereocenters. The lowest BCUT2D eigenvalue weighted by Crippen LogP contribution is -2.12. The minimum absolute atomic E-state index is 0.161. The number of hydrogen-bond donors (Lipinski definition) is 2. The summed E-state index contributed by atoms with van der Waals surface area (Å²) in [4.78, 5) is 0. The lowest BCUT2D eigenvalue weighted by Gasteiger charge is -2.11. The molecule has 1 aromatic rings. The highest BCUT2D eigenvalue weighted by atomic mass is 127. The Labute approximate surface area is 91.3 Å². The molecule has 0 saturated heterocycles. The van der Waals surface area contributed by atoms with Gasteiger partial charge in [0.05, 0.1) is 3.57 Å². The number of rotatable bonds is 2. The Kier molecular flexibility index (Phi) is 2.47. The topological polar surface area (TPSA) is 46.2 Å². The van der Waals surface area contributed by atoms with Crippen LogP contribution in [-0.2, 0) is 0 Å². The fourth-order valence-electron chi connectivity index (χ4n) is 1.46. The van der Waals surface area contributed by atoms with Crippen LogP contribution in [0.5, 0.6) is 5.75 Å². The van der Waals surface area contributed by atoms with Crippen molar-refractivity contribution < 1.29 is 5.11 Å². The maximum absolute atomic E-state index is 9.33. The Morgan fingerprint density at radius 3 is 2.69 bits per heavy atom. The molecule has 70 valence electrons. The summed E-state index contributed by atoms with van der Waals surface area (Å²) in [5.74, 6) is 1.01. The predicted molar refractivity (Wildman–Crippen MR) is 60.5 cm³/mol. The zero-order valence-electron chi connectivity index (χ0n) is 7.20. The molecule has 1 saturated carbocycles. The van der Waals surface area contributed by atoms with Crippen molar-refractivity contribution in [1.29, 1.82) is 0 Å². The molecule has 1 aliphatic carbocycles. The number of phenols is 1. The second kappa shape index (κ2) is 3.46. The first kappa shape index (κ1) is 9.27. The maximum atomic E-state index is 9.33. The first-order valence-corrected chi connectivity index (χ1v) is 5.50. The predicted octanol–water partition coefficient (Wildman–Crippen LogP) is 2.41. The van der Waals surface area contributed by atoms with E-state index in [1.165, 1.54) is 12.8 Å². The Morgan fingerprint density at radius 1 is 1.46 bits per heavy atom. The molecule has 1 fully saturated rings. The lowest BCUT2D eigenvalue weighted by atomic mass is 10.0. The van der Waals surface area contributed by atoms with Crippen LogP contribution in [0.4, 0.5) is 0 Å². The monoisotopic (exact) mass is 289 g/mol. The van der Waals surface area contributed by atoms with E-state index in [0.29, 0.717) is 11.7 Å². The van der Waals surface area contributed by atoms with Gasteiger partial charge < -0.3 is 10.8 Å². The van der Waals surface area contributed by atoms with Crippen LogP contribution >= 0.6 is 22.6 Å². The number of nitrogens with two attached hydrogens (primary N) is 1. The normalized spacial score (nSPS) is 18.6. The van der Waals surface area contributed by atoms with Gasteiger partial charge in [-0.1, -0.05) is 6.07 Å². The average molecular weight is 289 g/mol. The van der Waals surface area contributed by atoms with Gasteiger partial charge in [0.15, 0.2) is 0 Å². The van der Waals surface area contributed by atoms with Crippen LogP contribution in [0, 0.1) is 9.49 Å². The molecule has 0 amide bonds. The van der Waals surface area contributed by atoms with Crippen molar-refractivity contribution in [3.05, 3.63) is 27.3 Å². The van der Waals surface area contributed by atoms with Crippen LogP contribution in [0.2, 0.25) is 0 Å². The summed E-state index contributed by atoms with van der Waals surface area (Å²) in [6.07, 6.45) is 2.50. The summed E-state index contributed by atoms with van der Waals surface area (Å²) in [5, 5.41) is 9.33. The van der Waals surface area contributed by atoms with Crippen molar-refractivity contribution in [3.8, 4) is 5.75 Å². The van der Waals surface area contributed by atoms with Crippen molar-refractivity contribution in [1.82, 2.24) is 0 Å². The van der Waals surface area contributed by atoms with Gasteiger partial charge in [0.25, 0.3) is 0 Å². The highest BCUT2D eigenvalue weighted by Gasteiger charge is 2.29. The van der Waals surface area contributed by atoms with Crippen LogP contribution in [0.15, 0.2) is 18.2 Å². The number of phenolic OH excluding ortho intramolecular Hbond substituents is 1. The molecular formula is C10H12INO. The Balaban J connectivity index is 2.24. The lowest BCUT2D eigenvalue weighted by molar-refractivity contribution is 0.470. The van der Waals surface area contributed by atoms with E-state index in [-0.39, 0.29) is 6.04 Å². The van der Waals surface area contributed by atoms with Crippen LogP contribution in [-0.4, -0.2) is 5.11 Å². The molecule has 2 rings (SSSR count). The zero-order chi connectivity index (χ0) is 9.42. The Morgan fingerprint density at radius 2 is 2.15 bits per heavy atom. The molecule has 1 aliphatic rings. The number of halogens is 1. The van der Waals surface area contributed by atoms with Crippen molar-refractivity contribution in [2.45, 2.75) is 18.9 Å². The Hall–Kier alpha value is -0.290. The van der Waals surface area contributed by atoms with Crippen molar-refractivity contribution in [2.75, 3.05) is 0 Å². The molecule has 3 heteroatoms. The van der Waals surface area contributed by atoms with Gasteiger partial charge in [-0.25, -0.2) is 0 Å². The van der Waals surface area contributed by atoms with Crippen LogP contribution in [0.25, 0.3) is 0 Å². The second-order valence-electron chi connectivity index (χ2n) is 3.57. The Bertz CT molecular complexity index is 323. The van der Waals surface area contributed by atoms with E-state index in [2.05, 4.69) is 22.6 Å². The SMILES string of the molecule is N[C@H](c1ccc(O)c(I)c1)C1CC1. The first-order chi connectivity index (χ1) is 6.18. The van der Waals surface area contributed by atoms with E-state index < -0.39 is 0 Å². The van der Waals surface area contributed by atoms with Gasteiger partial charge in [-0.2, -0.15) is 0 Å². The van der Waals surface area contributed by atoms with E-state index in [1.807, 2.05) is 12.1 Å². The summed E-state index contributed by atoms with van der Waals surface area (Å²) < 4.78 is 0.881. The van der Waals surface area contributed by atoms with Crippen molar-refractivity contribution in [2.24, 2.45) is 11.7 Å². The molecule has 1 aromatic carbocycles. The third-order valence-electron chi connectivity index (χ3n) is 2.49. The van der Waals surface area contributed by atoms with E-state index in [9.17, 15) is 5.11 Å². The van der Waals surface area contributed by atoms with Crippen molar-refractivity contribution >= 4 is 22.6 Å². The summed E-state index contributed by atoms with van der Waals surface area (Å²) >= 11 is 2.12. The van der Waals surface area contributed by atoms with Gasteiger partial charge in [0, 0.05) is 6.04 Å². The molecule has 0 aliphatic heterocycles. The summed E-state index contributed by atoms with van der Waals surface area (Å²) in [6.45, 7) is 0. The molecule has 0 radical (unpaired) electrons. The largest absolute Gasteiger partial charge is 0.507 e. The summed E-state index contributed by atoms with van der Waals surface area (Å²) in [6, 6.07) is 5.77. The van der Waals surface area contributed by atoms with Gasteiger partial charge >= 0.3 is 0 Å². The van der Waals surface area contributed by atoms with E-state index in [0.717, 1.165) is 9.13 Å². The van der Waals surface area contributed by atoms with Gasteiger partial charge in [-0.15, -0.1) is 0 Å². The van der Waals surface area contributed by atoms with Crippen LogP contribution in [0.3, 0.4) is 0 Å². The number of aromatic hydroxyl groups is 1. The molecule has 0 bridgehead atoms. The van der Waals surface area contributed by atoms with E-state index >= 15 is 0 Å². The third kappa shape index (κ3) is 1.96. The molecule has 0 spiro atoms. The molecule has 3 N–H and O–H groups in total. The highest BCUT2D eigenvalue weighted by Crippen LogP contribution is 2.40. The van der Waals surface area contributed by atoms with E-state index in [1.54, 1.807) is 6.07 Å². The minimum Gasteiger partial charge on any atom is -0.507 e. The zero-order valence-corrected chi connectivity index (χ0v) is 9.36. The number of hydrogen-bond acceptors (Lipinski definition) is 2. The summed E-state index contributed by atoms with van der Waals surface area (Å²) in [5.41, 5.74) is 7.18. The molecule has 1 atom stereocenters. The van der Waals surface area contributed by atoms with Gasteiger partial charge in [-0.3, -0.25) is 0 Å². The van der Waals surface area contributed by atoms with Crippen molar-refractivity contribution in [3.63, 3.8) is 0 Å². The van der Waals surface area contributed by atoms with Crippen LogP contribution < -0.4 is 5.73 Å². The fourth-order valence-corrected chi connectivity index (χ4v) is 2.00. The second-order valence-corrected chi connectivity index (χ2v) is 4.74. The van der Waals surface area contributed by atoms with Crippen LogP contribution in [0.1, 0.15) is 24.4 Å². The van der Waals surface area contributed by atoms with Gasteiger partial charge in [0.1, 0.15) is 5.75 Å². The van der Waals surface area contributed by atoms with E-state index in [4.69, 9.17) is 5.73 Å².